The summed E-state index contributed by atoms with van der Waals surface area (Å²) < 4.78 is 6.09. The SMILES string of the molecule is CCOc1cc(/C=N\N2C(=O)[C@@H]3C4c5ccccc5C(c5ccccc54)[C@H]3C2=O)cc(I)c1O. The lowest BCUT2D eigenvalue weighted by Gasteiger charge is -2.45. The molecular weight excluding hydrogens is 543 g/mol. The van der Waals surface area contributed by atoms with E-state index in [1.165, 1.54) is 6.21 Å². The maximum atomic E-state index is 13.6. The third kappa shape index (κ3) is 2.95. The molecule has 0 saturated carbocycles. The van der Waals surface area contributed by atoms with Crippen molar-refractivity contribution in [1.29, 1.82) is 0 Å². The van der Waals surface area contributed by atoms with Gasteiger partial charge in [-0.3, -0.25) is 9.59 Å². The fraction of sp³-hybridized carbons (Fsp3) is 0.222. The third-order valence-corrected chi connectivity index (χ3v) is 7.92. The summed E-state index contributed by atoms with van der Waals surface area (Å²) in [6.07, 6.45) is 1.49. The molecule has 3 aromatic rings. The van der Waals surface area contributed by atoms with Crippen LogP contribution >= 0.6 is 22.6 Å². The number of hydrogen-bond acceptors (Lipinski definition) is 5. The first-order valence-electron chi connectivity index (χ1n) is 11.3. The Morgan fingerprint density at radius 1 is 0.941 bits per heavy atom. The van der Waals surface area contributed by atoms with Gasteiger partial charge in [0.1, 0.15) is 0 Å². The number of halogens is 1. The Morgan fingerprint density at radius 2 is 1.44 bits per heavy atom. The summed E-state index contributed by atoms with van der Waals surface area (Å²) in [6, 6.07) is 19.7. The van der Waals surface area contributed by atoms with Gasteiger partial charge in [-0.05, 0) is 69.5 Å². The number of hydrazone groups is 1. The van der Waals surface area contributed by atoms with Crippen LogP contribution in [0.3, 0.4) is 0 Å². The predicted molar refractivity (Wildman–Crippen MR) is 135 cm³/mol. The van der Waals surface area contributed by atoms with E-state index in [1.54, 1.807) is 12.1 Å². The molecule has 6 nitrogen and oxygen atoms in total. The highest BCUT2D eigenvalue weighted by molar-refractivity contribution is 14.1. The van der Waals surface area contributed by atoms with E-state index < -0.39 is 11.8 Å². The average molecular weight is 564 g/mol. The van der Waals surface area contributed by atoms with Crippen LogP contribution in [-0.4, -0.2) is 34.8 Å². The van der Waals surface area contributed by atoms with Crippen LogP contribution in [0.5, 0.6) is 11.5 Å². The summed E-state index contributed by atoms with van der Waals surface area (Å²) in [5, 5.41) is 15.6. The van der Waals surface area contributed by atoms with Gasteiger partial charge in [0.2, 0.25) is 0 Å². The molecule has 2 amide bonds. The van der Waals surface area contributed by atoms with E-state index >= 15 is 0 Å². The first-order chi connectivity index (χ1) is 16.5. The van der Waals surface area contributed by atoms with E-state index in [4.69, 9.17) is 4.74 Å². The lowest BCUT2D eigenvalue weighted by Crippen LogP contribution is -2.41. The highest BCUT2D eigenvalue weighted by atomic mass is 127. The number of phenols is 1. The summed E-state index contributed by atoms with van der Waals surface area (Å²) in [6.45, 7) is 2.24. The smallest absolute Gasteiger partial charge is 0.254 e. The van der Waals surface area contributed by atoms with Crippen molar-refractivity contribution < 1.29 is 19.4 Å². The first kappa shape index (κ1) is 21.3. The van der Waals surface area contributed by atoms with Gasteiger partial charge in [-0.25, -0.2) is 0 Å². The molecule has 0 aromatic heterocycles. The zero-order valence-electron chi connectivity index (χ0n) is 18.3. The zero-order chi connectivity index (χ0) is 23.6. The van der Waals surface area contributed by atoms with Crippen LogP contribution < -0.4 is 4.74 Å². The Kier molecular flexibility index (Phi) is 4.98. The lowest BCUT2D eigenvalue weighted by atomic mass is 9.55. The van der Waals surface area contributed by atoms with Crippen LogP contribution in [0.2, 0.25) is 0 Å². The largest absolute Gasteiger partial charge is 0.504 e. The molecule has 4 aliphatic rings. The monoisotopic (exact) mass is 564 g/mol. The number of aromatic hydroxyl groups is 1. The third-order valence-electron chi connectivity index (χ3n) is 7.10. The minimum Gasteiger partial charge on any atom is -0.504 e. The van der Waals surface area contributed by atoms with Gasteiger partial charge in [0.25, 0.3) is 11.8 Å². The van der Waals surface area contributed by atoms with Crippen molar-refractivity contribution in [2.24, 2.45) is 16.9 Å². The van der Waals surface area contributed by atoms with E-state index in [0.717, 1.165) is 27.3 Å². The van der Waals surface area contributed by atoms with Crippen molar-refractivity contribution in [3.63, 3.8) is 0 Å². The number of nitrogens with zero attached hydrogens (tertiary/aromatic N) is 2. The fourth-order valence-electron chi connectivity index (χ4n) is 5.83. The van der Waals surface area contributed by atoms with Gasteiger partial charge in [-0.1, -0.05) is 48.5 Å². The summed E-state index contributed by atoms with van der Waals surface area (Å²) in [7, 11) is 0. The first-order valence-corrected chi connectivity index (χ1v) is 12.3. The molecule has 1 N–H and O–H groups in total. The second kappa shape index (κ2) is 7.94. The van der Waals surface area contributed by atoms with Crippen LogP contribution in [0.1, 0.15) is 46.6 Å². The van der Waals surface area contributed by atoms with Gasteiger partial charge >= 0.3 is 0 Å². The van der Waals surface area contributed by atoms with E-state index in [9.17, 15) is 14.7 Å². The predicted octanol–water partition coefficient (Wildman–Crippen LogP) is 4.62. The maximum absolute atomic E-state index is 13.6. The molecule has 1 heterocycles. The van der Waals surface area contributed by atoms with Crippen LogP contribution in [0.15, 0.2) is 65.8 Å². The molecule has 3 aliphatic carbocycles. The quantitative estimate of drug-likeness (QED) is 0.285. The Bertz CT molecular complexity index is 1270. The molecule has 170 valence electrons. The molecule has 1 aliphatic heterocycles. The summed E-state index contributed by atoms with van der Waals surface area (Å²) >= 11 is 2.01. The zero-order valence-corrected chi connectivity index (χ0v) is 20.5. The molecule has 0 radical (unpaired) electrons. The van der Waals surface area contributed by atoms with Crippen LogP contribution in [0, 0.1) is 15.4 Å². The molecule has 0 spiro atoms. The number of hydrogen-bond donors (Lipinski definition) is 1. The Labute approximate surface area is 210 Å². The van der Waals surface area contributed by atoms with E-state index in [1.807, 2.05) is 53.8 Å². The molecule has 2 bridgehead atoms. The maximum Gasteiger partial charge on any atom is 0.254 e. The number of benzene rings is 3. The number of carbonyl (C=O) groups is 2. The second-order valence-electron chi connectivity index (χ2n) is 8.78. The summed E-state index contributed by atoms with van der Waals surface area (Å²) in [4.78, 5) is 27.2. The molecule has 2 atom stereocenters. The molecule has 1 fully saturated rings. The topological polar surface area (TPSA) is 79.2 Å². The van der Waals surface area contributed by atoms with Gasteiger partial charge in [0, 0.05) is 11.8 Å². The van der Waals surface area contributed by atoms with Gasteiger partial charge < -0.3 is 9.84 Å². The number of amides is 2. The number of ether oxygens (including phenoxy) is 1. The highest BCUT2D eigenvalue weighted by Crippen LogP contribution is 2.60. The second-order valence-corrected chi connectivity index (χ2v) is 9.94. The van der Waals surface area contributed by atoms with Gasteiger partial charge in [0.05, 0.1) is 28.2 Å². The van der Waals surface area contributed by atoms with Gasteiger partial charge in [-0.15, -0.1) is 0 Å². The molecular formula is C27H21IN2O4. The van der Waals surface area contributed by atoms with E-state index in [-0.39, 0.29) is 29.4 Å². The van der Waals surface area contributed by atoms with Gasteiger partial charge in [0.15, 0.2) is 11.5 Å². The fourth-order valence-corrected chi connectivity index (χ4v) is 6.46. The Hall–Kier alpha value is -3.20. The molecule has 3 aromatic carbocycles. The van der Waals surface area contributed by atoms with Crippen molar-refractivity contribution in [2.45, 2.75) is 18.8 Å². The van der Waals surface area contributed by atoms with Crippen molar-refractivity contribution in [3.05, 3.63) is 92.1 Å². The van der Waals surface area contributed by atoms with Crippen molar-refractivity contribution in [3.8, 4) is 11.5 Å². The molecule has 7 heteroatoms. The molecule has 7 rings (SSSR count). The van der Waals surface area contributed by atoms with E-state index in [0.29, 0.717) is 21.5 Å². The molecule has 34 heavy (non-hydrogen) atoms. The number of carbonyl (C=O) groups excluding carboxylic acids is 2. The summed E-state index contributed by atoms with van der Waals surface area (Å²) in [5.74, 6) is -1.35. The van der Waals surface area contributed by atoms with Crippen LogP contribution in [-0.2, 0) is 9.59 Å². The standard InChI is InChI=1S/C27H21IN2O4/c1-2-34-20-12-14(11-19(28)25(20)31)13-29-30-26(32)23-21-15-7-3-4-8-16(15)22(24(23)27(30)33)18-10-6-5-9-17(18)21/h3-13,21-24,31H,2H2,1H3/b29-13-/t21?,22?,23-,24-/m1/s1. The Morgan fingerprint density at radius 3 is 1.91 bits per heavy atom. The lowest BCUT2D eigenvalue weighted by molar-refractivity contribution is -0.139. The van der Waals surface area contributed by atoms with Crippen LogP contribution in [0.25, 0.3) is 0 Å². The Balaban J connectivity index is 1.40. The number of phenolic OH excluding ortho intramolecular Hbond substituents is 1. The number of imide groups is 1. The normalized spacial score (nSPS) is 24.4. The molecule has 1 saturated heterocycles. The average Bonchev–Trinajstić information content (AvgIpc) is 3.11. The van der Waals surface area contributed by atoms with E-state index in [2.05, 4.69) is 29.4 Å². The number of rotatable bonds is 4. The molecule has 0 unspecified atom stereocenters. The minimum absolute atomic E-state index is 0.0612. The minimum atomic E-state index is -0.460. The van der Waals surface area contributed by atoms with Crippen molar-refractivity contribution in [1.82, 2.24) is 5.01 Å². The van der Waals surface area contributed by atoms with Crippen molar-refractivity contribution in [2.75, 3.05) is 6.61 Å². The van der Waals surface area contributed by atoms with Crippen LogP contribution in [0.4, 0.5) is 0 Å². The van der Waals surface area contributed by atoms with Crippen molar-refractivity contribution >= 4 is 40.6 Å². The summed E-state index contributed by atoms with van der Waals surface area (Å²) in [5.41, 5.74) is 5.17. The van der Waals surface area contributed by atoms with Gasteiger partial charge in [-0.2, -0.15) is 10.1 Å². The highest BCUT2D eigenvalue weighted by Gasteiger charge is 2.61.